The molecule has 13 heavy (non-hydrogen) atoms. The van der Waals surface area contributed by atoms with E-state index in [1.54, 1.807) is 0 Å². The van der Waals surface area contributed by atoms with Crippen molar-refractivity contribution in [3.8, 4) is 0 Å². The predicted octanol–water partition coefficient (Wildman–Crippen LogP) is 1.33. The molecular formula is C11H22N2. The lowest BCUT2D eigenvalue weighted by molar-refractivity contribution is 0.167. The monoisotopic (exact) mass is 182 g/mol. The van der Waals surface area contributed by atoms with Crippen LogP contribution in [0, 0.1) is 11.3 Å². The van der Waals surface area contributed by atoms with Crippen molar-refractivity contribution in [2.24, 2.45) is 11.3 Å². The molecule has 0 amide bonds. The predicted molar refractivity (Wildman–Crippen MR) is 55.8 cm³/mol. The van der Waals surface area contributed by atoms with E-state index in [2.05, 4.69) is 24.1 Å². The summed E-state index contributed by atoms with van der Waals surface area (Å²) in [7, 11) is 0. The molecule has 2 heterocycles. The van der Waals surface area contributed by atoms with Gasteiger partial charge in [0.15, 0.2) is 0 Å². The number of rotatable bonds is 3. The third-order valence-corrected chi connectivity index (χ3v) is 3.54. The minimum Gasteiger partial charge on any atom is -0.315 e. The fraction of sp³-hybridized carbons (Fsp3) is 1.00. The maximum Gasteiger partial charge on any atom is 0.00918 e. The average Bonchev–Trinajstić information content (AvgIpc) is 2.43. The summed E-state index contributed by atoms with van der Waals surface area (Å²) in [5.41, 5.74) is 0.691. The van der Waals surface area contributed by atoms with Crippen LogP contribution in [0.5, 0.6) is 0 Å². The number of hydrogen-bond acceptors (Lipinski definition) is 2. The number of hydrogen-bond donors (Lipinski definition) is 1. The summed E-state index contributed by atoms with van der Waals surface area (Å²) in [6, 6.07) is 0. The zero-order valence-corrected chi connectivity index (χ0v) is 8.97. The molecule has 0 aliphatic carbocycles. The van der Waals surface area contributed by atoms with Crippen LogP contribution in [0.2, 0.25) is 0 Å². The molecule has 76 valence electrons. The molecule has 0 aromatic rings. The highest BCUT2D eigenvalue weighted by molar-refractivity contribution is 4.99. The van der Waals surface area contributed by atoms with E-state index in [1.807, 2.05) is 0 Å². The molecule has 2 aliphatic heterocycles. The van der Waals surface area contributed by atoms with Crippen molar-refractivity contribution in [2.45, 2.75) is 26.7 Å². The summed E-state index contributed by atoms with van der Waals surface area (Å²) >= 11 is 0. The minimum atomic E-state index is 0.691. The topological polar surface area (TPSA) is 15.3 Å². The first kappa shape index (κ1) is 9.47. The highest BCUT2D eigenvalue weighted by atomic mass is 15.2. The van der Waals surface area contributed by atoms with E-state index < -0.39 is 0 Å². The van der Waals surface area contributed by atoms with Crippen LogP contribution in [0.25, 0.3) is 0 Å². The number of nitrogens with one attached hydrogen (secondary N) is 1. The Morgan fingerprint density at radius 1 is 1.38 bits per heavy atom. The van der Waals surface area contributed by atoms with Gasteiger partial charge >= 0.3 is 0 Å². The molecule has 0 aromatic carbocycles. The van der Waals surface area contributed by atoms with E-state index in [-0.39, 0.29) is 0 Å². The van der Waals surface area contributed by atoms with Gasteiger partial charge in [0.2, 0.25) is 0 Å². The maximum atomic E-state index is 3.40. The van der Waals surface area contributed by atoms with Crippen LogP contribution >= 0.6 is 0 Å². The quantitative estimate of drug-likeness (QED) is 0.708. The third kappa shape index (κ3) is 2.05. The van der Waals surface area contributed by atoms with Crippen molar-refractivity contribution in [1.29, 1.82) is 0 Å². The van der Waals surface area contributed by atoms with Gasteiger partial charge in [0, 0.05) is 25.0 Å². The van der Waals surface area contributed by atoms with Crippen molar-refractivity contribution < 1.29 is 0 Å². The summed E-state index contributed by atoms with van der Waals surface area (Å²) < 4.78 is 0. The van der Waals surface area contributed by atoms with Crippen LogP contribution in [0.15, 0.2) is 0 Å². The summed E-state index contributed by atoms with van der Waals surface area (Å²) in [5, 5.41) is 3.40. The fourth-order valence-corrected chi connectivity index (χ4v) is 2.43. The Hall–Kier alpha value is -0.0800. The van der Waals surface area contributed by atoms with E-state index >= 15 is 0 Å². The Bertz CT molecular complexity index is 173. The third-order valence-electron chi connectivity index (χ3n) is 3.54. The van der Waals surface area contributed by atoms with E-state index in [0.717, 1.165) is 5.92 Å². The maximum absolute atomic E-state index is 3.40. The van der Waals surface area contributed by atoms with Crippen LogP contribution in [0.3, 0.4) is 0 Å². The van der Waals surface area contributed by atoms with Gasteiger partial charge in [-0.15, -0.1) is 0 Å². The molecule has 1 spiro atoms. The molecule has 0 atom stereocenters. The lowest BCUT2D eigenvalue weighted by Crippen LogP contribution is -2.54. The molecule has 2 saturated heterocycles. The molecule has 2 fully saturated rings. The molecule has 0 unspecified atom stereocenters. The van der Waals surface area contributed by atoms with Gasteiger partial charge in [-0.05, 0) is 31.8 Å². The fourth-order valence-electron chi connectivity index (χ4n) is 2.43. The van der Waals surface area contributed by atoms with Crippen LogP contribution in [0.1, 0.15) is 26.7 Å². The van der Waals surface area contributed by atoms with Crippen molar-refractivity contribution in [1.82, 2.24) is 10.2 Å². The molecule has 2 rings (SSSR count). The second kappa shape index (κ2) is 3.58. The Balaban J connectivity index is 1.72. The van der Waals surface area contributed by atoms with Crippen LogP contribution in [-0.2, 0) is 0 Å². The zero-order chi connectivity index (χ0) is 9.31. The van der Waals surface area contributed by atoms with Crippen molar-refractivity contribution >= 4 is 0 Å². The van der Waals surface area contributed by atoms with Gasteiger partial charge in [-0.25, -0.2) is 0 Å². The van der Waals surface area contributed by atoms with Gasteiger partial charge in [0.05, 0.1) is 0 Å². The standard InChI is InChI=1S/C11H22N2/c1-10(2)3-5-13-6-4-11(9-13)7-12-8-11/h10,12H,3-9H2,1-2H3. The van der Waals surface area contributed by atoms with Crippen LogP contribution < -0.4 is 5.32 Å². The average molecular weight is 182 g/mol. The highest BCUT2D eigenvalue weighted by Gasteiger charge is 2.42. The molecule has 2 nitrogen and oxygen atoms in total. The Morgan fingerprint density at radius 2 is 2.15 bits per heavy atom. The van der Waals surface area contributed by atoms with Crippen LogP contribution in [0.4, 0.5) is 0 Å². The second-order valence-corrected chi connectivity index (χ2v) is 5.31. The molecule has 0 radical (unpaired) electrons. The van der Waals surface area contributed by atoms with E-state index in [9.17, 15) is 0 Å². The van der Waals surface area contributed by atoms with E-state index in [0.29, 0.717) is 5.41 Å². The Kier molecular flexibility index (Phi) is 2.61. The SMILES string of the molecule is CC(C)CCN1CCC2(CNC2)C1. The van der Waals surface area contributed by atoms with E-state index in [1.165, 1.54) is 45.6 Å². The van der Waals surface area contributed by atoms with Crippen molar-refractivity contribution in [2.75, 3.05) is 32.7 Å². The molecule has 0 saturated carbocycles. The van der Waals surface area contributed by atoms with Gasteiger partial charge in [0.25, 0.3) is 0 Å². The van der Waals surface area contributed by atoms with E-state index in [4.69, 9.17) is 0 Å². The first-order valence-corrected chi connectivity index (χ1v) is 5.63. The molecule has 2 heteroatoms. The Morgan fingerprint density at radius 3 is 2.62 bits per heavy atom. The lowest BCUT2D eigenvalue weighted by Gasteiger charge is -2.39. The molecule has 0 aromatic heterocycles. The molecule has 0 bridgehead atoms. The van der Waals surface area contributed by atoms with Crippen molar-refractivity contribution in [3.63, 3.8) is 0 Å². The molecular weight excluding hydrogens is 160 g/mol. The molecule has 2 aliphatic rings. The van der Waals surface area contributed by atoms with Gasteiger partial charge in [0.1, 0.15) is 0 Å². The van der Waals surface area contributed by atoms with Gasteiger partial charge < -0.3 is 10.2 Å². The van der Waals surface area contributed by atoms with Gasteiger partial charge in [-0.2, -0.15) is 0 Å². The summed E-state index contributed by atoms with van der Waals surface area (Å²) in [5.74, 6) is 0.857. The summed E-state index contributed by atoms with van der Waals surface area (Å²) in [6.07, 6.45) is 2.79. The minimum absolute atomic E-state index is 0.691. The lowest BCUT2D eigenvalue weighted by atomic mass is 9.81. The van der Waals surface area contributed by atoms with Gasteiger partial charge in [-0.1, -0.05) is 13.8 Å². The first-order chi connectivity index (χ1) is 6.20. The zero-order valence-electron chi connectivity index (χ0n) is 8.97. The highest BCUT2D eigenvalue weighted by Crippen LogP contribution is 2.33. The summed E-state index contributed by atoms with van der Waals surface area (Å²) in [4.78, 5) is 2.65. The van der Waals surface area contributed by atoms with Crippen molar-refractivity contribution in [3.05, 3.63) is 0 Å². The largest absolute Gasteiger partial charge is 0.315 e. The summed E-state index contributed by atoms with van der Waals surface area (Å²) in [6.45, 7) is 11.2. The Labute approximate surface area is 81.7 Å². The second-order valence-electron chi connectivity index (χ2n) is 5.31. The number of likely N-dealkylation sites (tertiary alicyclic amines) is 1. The molecule has 1 N–H and O–H groups in total. The number of nitrogens with zero attached hydrogens (tertiary/aromatic N) is 1. The smallest absolute Gasteiger partial charge is 0.00918 e. The van der Waals surface area contributed by atoms with Gasteiger partial charge in [-0.3, -0.25) is 0 Å². The first-order valence-electron chi connectivity index (χ1n) is 5.63. The normalized spacial score (nSPS) is 27.0. The van der Waals surface area contributed by atoms with Crippen LogP contribution in [-0.4, -0.2) is 37.6 Å².